The molecule has 0 aliphatic carbocycles. The zero-order valence-electron chi connectivity index (χ0n) is 21.6. The molecule has 0 spiro atoms. The molecule has 192 valence electrons. The maximum atomic E-state index is 10.1. The lowest BCUT2D eigenvalue weighted by Gasteiger charge is -2.31. The monoisotopic (exact) mass is 500 g/mol. The molecule has 2 aromatic heterocycles. The fourth-order valence-corrected chi connectivity index (χ4v) is 5.27. The first-order chi connectivity index (χ1) is 16.8. The summed E-state index contributed by atoms with van der Waals surface area (Å²) in [5.74, 6) is 1.72. The van der Waals surface area contributed by atoms with Gasteiger partial charge in [0.15, 0.2) is 0 Å². The summed E-state index contributed by atoms with van der Waals surface area (Å²) >= 11 is 1.98. The van der Waals surface area contributed by atoms with E-state index in [4.69, 9.17) is 0 Å². The number of nitrogens with zero attached hydrogens (tertiary/aromatic N) is 7. The van der Waals surface area contributed by atoms with Gasteiger partial charge in [-0.25, -0.2) is 9.97 Å². The lowest BCUT2D eigenvalue weighted by atomic mass is 10.1. The topological polar surface area (TPSA) is 106 Å². The molecule has 2 aromatic rings. The summed E-state index contributed by atoms with van der Waals surface area (Å²) in [7, 11) is 0. The number of anilines is 1. The molecule has 1 saturated heterocycles. The van der Waals surface area contributed by atoms with Gasteiger partial charge in [0.2, 0.25) is 5.95 Å². The molecule has 2 N–H and O–H groups in total. The van der Waals surface area contributed by atoms with Gasteiger partial charge >= 0.3 is 0 Å². The smallest absolute Gasteiger partial charge is 0.223 e. The summed E-state index contributed by atoms with van der Waals surface area (Å²) in [6, 6.07) is 2.49. The lowest BCUT2D eigenvalue weighted by molar-refractivity contribution is 0.0577. The van der Waals surface area contributed by atoms with Crippen LogP contribution in [0.3, 0.4) is 0 Å². The van der Waals surface area contributed by atoms with Crippen LogP contribution in [0.25, 0.3) is 11.3 Å². The molecule has 0 aromatic carbocycles. The second-order valence-electron chi connectivity index (χ2n) is 9.72. The minimum Gasteiger partial charge on any atom is -0.389 e. The van der Waals surface area contributed by atoms with E-state index in [1.807, 2.05) is 18.1 Å². The van der Waals surface area contributed by atoms with Crippen molar-refractivity contribution in [1.29, 1.82) is 5.26 Å². The molecule has 1 aliphatic heterocycles. The van der Waals surface area contributed by atoms with E-state index in [2.05, 4.69) is 49.5 Å². The fraction of sp³-hybridized carbons (Fsp3) is 0.680. The molecule has 1 aliphatic rings. The molecule has 0 unspecified atom stereocenters. The van der Waals surface area contributed by atoms with Gasteiger partial charge in [-0.15, -0.1) is 0 Å². The van der Waals surface area contributed by atoms with Gasteiger partial charge in [0.25, 0.3) is 0 Å². The molecule has 0 radical (unpaired) electrons. The van der Waals surface area contributed by atoms with Crippen LogP contribution in [0.1, 0.15) is 58.9 Å². The standard InChI is InChI=1S/C25H40N8OS/c1-5-31(6-2)11-7-8-14-35-33-12-9-22(10-13-33)29-24-27-16-20(15-26)23(30-24)21-17-28-32(18-21)19-25(3,4)34/h16-18,22,34H,5-14,19H2,1-4H3,(H,27,29,30). The molecule has 10 heteroatoms. The Labute approximate surface area is 214 Å². The van der Waals surface area contributed by atoms with Gasteiger partial charge in [0.1, 0.15) is 6.07 Å². The maximum absolute atomic E-state index is 10.1. The van der Waals surface area contributed by atoms with Crippen LogP contribution < -0.4 is 5.32 Å². The van der Waals surface area contributed by atoms with Crippen molar-refractivity contribution in [3.8, 4) is 17.3 Å². The summed E-state index contributed by atoms with van der Waals surface area (Å²) in [5.41, 5.74) is 0.830. The third-order valence-electron chi connectivity index (χ3n) is 6.19. The molecule has 0 amide bonds. The zero-order chi connectivity index (χ0) is 25.3. The summed E-state index contributed by atoms with van der Waals surface area (Å²) in [6.07, 6.45) is 9.65. The van der Waals surface area contributed by atoms with E-state index in [9.17, 15) is 10.4 Å². The van der Waals surface area contributed by atoms with Gasteiger partial charge in [-0.3, -0.25) is 8.99 Å². The lowest BCUT2D eigenvalue weighted by Crippen LogP contribution is -2.36. The summed E-state index contributed by atoms with van der Waals surface area (Å²) in [5, 5.41) is 27.4. The predicted octanol–water partition coefficient (Wildman–Crippen LogP) is 3.63. The number of rotatable bonds is 13. The normalized spacial score (nSPS) is 15.5. The second kappa shape index (κ2) is 13.2. The Kier molecular flexibility index (Phi) is 10.3. The second-order valence-corrected chi connectivity index (χ2v) is 10.9. The van der Waals surface area contributed by atoms with E-state index in [0.717, 1.165) is 44.6 Å². The average Bonchev–Trinajstić information content (AvgIpc) is 3.29. The van der Waals surface area contributed by atoms with Crippen molar-refractivity contribution in [3.05, 3.63) is 24.2 Å². The van der Waals surface area contributed by atoms with Crippen LogP contribution in [0.15, 0.2) is 18.6 Å². The SMILES string of the molecule is CCN(CC)CCCCSN1CCC(Nc2ncc(C#N)c(-c3cnn(CC(C)(C)O)c3)n2)CC1. The number of unbranched alkanes of at least 4 members (excludes halogenated alkanes) is 1. The number of nitrogens with one attached hydrogen (secondary N) is 1. The van der Waals surface area contributed by atoms with Gasteiger partial charge in [-0.2, -0.15) is 10.4 Å². The molecule has 0 bridgehead atoms. The largest absolute Gasteiger partial charge is 0.389 e. The molecular formula is C25H40N8OS. The van der Waals surface area contributed by atoms with Crippen molar-refractivity contribution < 1.29 is 5.11 Å². The Bertz CT molecular complexity index is 955. The van der Waals surface area contributed by atoms with E-state index >= 15 is 0 Å². The molecule has 35 heavy (non-hydrogen) atoms. The first kappa shape index (κ1) is 27.4. The Morgan fingerprint density at radius 1 is 1.23 bits per heavy atom. The number of nitriles is 1. The molecule has 0 atom stereocenters. The van der Waals surface area contributed by atoms with Gasteiger partial charge in [-0.1, -0.05) is 25.8 Å². The Balaban J connectivity index is 1.49. The van der Waals surface area contributed by atoms with Crippen molar-refractivity contribution in [2.75, 3.05) is 43.8 Å². The van der Waals surface area contributed by atoms with Gasteiger partial charge in [0.05, 0.1) is 35.8 Å². The molecule has 3 heterocycles. The van der Waals surface area contributed by atoms with Gasteiger partial charge in [0, 0.05) is 36.6 Å². The van der Waals surface area contributed by atoms with E-state index < -0.39 is 5.60 Å². The number of piperidine rings is 1. The highest BCUT2D eigenvalue weighted by atomic mass is 32.2. The van der Waals surface area contributed by atoms with Gasteiger partial charge < -0.3 is 15.3 Å². The first-order valence-corrected chi connectivity index (χ1v) is 13.6. The van der Waals surface area contributed by atoms with Crippen molar-refractivity contribution >= 4 is 17.9 Å². The van der Waals surface area contributed by atoms with E-state index in [0.29, 0.717) is 29.8 Å². The highest BCUT2D eigenvalue weighted by molar-refractivity contribution is 7.97. The number of aliphatic hydroxyl groups is 1. The minimum absolute atomic E-state index is 0.313. The number of hydrogen-bond donors (Lipinski definition) is 2. The summed E-state index contributed by atoms with van der Waals surface area (Å²) in [6.45, 7) is 13.9. The maximum Gasteiger partial charge on any atom is 0.223 e. The van der Waals surface area contributed by atoms with Crippen LogP contribution in [0.5, 0.6) is 0 Å². The molecule has 1 fully saturated rings. The van der Waals surface area contributed by atoms with E-state index in [-0.39, 0.29) is 0 Å². The molecule has 9 nitrogen and oxygen atoms in total. The average molecular weight is 501 g/mol. The van der Waals surface area contributed by atoms with Crippen LogP contribution in [-0.2, 0) is 6.54 Å². The predicted molar refractivity (Wildman–Crippen MR) is 142 cm³/mol. The van der Waals surface area contributed by atoms with Crippen LogP contribution >= 0.6 is 11.9 Å². The van der Waals surface area contributed by atoms with E-state index in [1.54, 1.807) is 30.9 Å². The van der Waals surface area contributed by atoms with Crippen LogP contribution in [0.4, 0.5) is 5.95 Å². The van der Waals surface area contributed by atoms with Crippen LogP contribution in [-0.4, -0.2) is 84.2 Å². The van der Waals surface area contributed by atoms with Crippen molar-refractivity contribution in [1.82, 2.24) is 29.0 Å². The number of aromatic nitrogens is 4. The highest BCUT2D eigenvalue weighted by Crippen LogP contribution is 2.25. The van der Waals surface area contributed by atoms with Crippen LogP contribution in [0, 0.1) is 11.3 Å². The quantitative estimate of drug-likeness (QED) is 0.315. The zero-order valence-corrected chi connectivity index (χ0v) is 22.4. The fourth-order valence-electron chi connectivity index (χ4n) is 4.20. The third-order valence-corrected chi connectivity index (χ3v) is 7.39. The highest BCUT2D eigenvalue weighted by Gasteiger charge is 2.21. The molecular weight excluding hydrogens is 460 g/mol. The first-order valence-electron chi connectivity index (χ1n) is 12.7. The van der Waals surface area contributed by atoms with Crippen molar-refractivity contribution in [2.45, 2.75) is 71.6 Å². The van der Waals surface area contributed by atoms with E-state index in [1.165, 1.54) is 25.1 Å². The van der Waals surface area contributed by atoms with Gasteiger partial charge in [-0.05, 0) is 59.2 Å². The Hall–Kier alpha value is -2.19. The van der Waals surface area contributed by atoms with Crippen molar-refractivity contribution in [2.24, 2.45) is 0 Å². The number of hydrogen-bond acceptors (Lipinski definition) is 9. The molecule has 3 rings (SSSR count). The Morgan fingerprint density at radius 2 is 1.97 bits per heavy atom. The Morgan fingerprint density at radius 3 is 2.63 bits per heavy atom. The van der Waals surface area contributed by atoms with Crippen LogP contribution in [0.2, 0.25) is 0 Å². The summed E-state index contributed by atoms with van der Waals surface area (Å²) < 4.78 is 4.15. The van der Waals surface area contributed by atoms with Crippen molar-refractivity contribution in [3.63, 3.8) is 0 Å². The minimum atomic E-state index is -0.877. The molecule has 0 saturated carbocycles. The summed E-state index contributed by atoms with van der Waals surface area (Å²) in [4.78, 5) is 11.5. The third kappa shape index (κ3) is 8.76.